The highest BCUT2D eigenvalue weighted by Gasteiger charge is 2.25. The highest BCUT2D eigenvalue weighted by molar-refractivity contribution is 9.10. The first-order valence-electron chi connectivity index (χ1n) is 9.72. The Labute approximate surface area is 182 Å². The predicted molar refractivity (Wildman–Crippen MR) is 121 cm³/mol. The second kappa shape index (κ2) is 10.4. The van der Waals surface area contributed by atoms with Gasteiger partial charge in [0, 0.05) is 23.2 Å². The normalized spacial score (nSPS) is 12.0. The highest BCUT2D eigenvalue weighted by Crippen LogP contribution is 2.21. The van der Waals surface area contributed by atoms with E-state index in [1.165, 1.54) is 0 Å². The van der Waals surface area contributed by atoms with E-state index in [0.717, 1.165) is 10.0 Å². The van der Waals surface area contributed by atoms with E-state index in [-0.39, 0.29) is 29.1 Å². The van der Waals surface area contributed by atoms with Crippen molar-refractivity contribution in [2.75, 3.05) is 18.4 Å². The van der Waals surface area contributed by atoms with E-state index >= 15 is 0 Å². The van der Waals surface area contributed by atoms with E-state index in [0.29, 0.717) is 18.8 Å². The van der Waals surface area contributed by atoms with Crippen molar-refractivity contribution < 1.29 is 13.2 Å². The lowest BCUT2D eigenvalue weighted by Gasteiger charge is -2.25. The van der Waals surface area contributed by atoms with Crippen LogP contribution < -0.4 is 5.32 Å². The Morgan fingerprint density at radius 2 is 1.45 bits per heavy atom. The van der Waals surface area contributed by atoms with Gasteiger partial charge in [0.25, 0.3) is 0 Å². The minimum atomic E-state index is -3.57. The molecule has 0 aliphatic carbocycles. The van der Waals surface area contributed by atoms with E-state index < -0.39 is 10.0 Å². The highest BCUT2D eigenvalue weighted by atomic mass is 79.9. The van der Waals surface area contributed by atoms with E-state index in [1.807, 2.05) is 52.0 Å². The van der Waals surface area contributed by atoms with Crippen molar-refractivity contribution >= 4 is 37.5 Å². The summed E-state index contributed by atoms with van der Waals surface area (Å²) in [5.41, 5.74) is 1.48. The third kappa shape index (κ3) is 7.24. The number of halogens is 1. The molecule has 1 amide bonds. The summed E-state index contributed by atoms with van der Waals surface area (Å²) < 4.78 is 28.6. The molecule has 5 nitrogen and oxygen atoms in total. The van der Waals surface area contributed by atoms with Crippen LogP contribution in [0.5, 0.6) is 0 Å². The number of carbonyl (C=O) groups excluding carboxylic acids is 1. The van der Waals surface area contributed by atoms with Gasteiger partial charge < -0.3 is 5.32 Å². The van der Waals surface area contributed by atoms with Crippen LogP contribution in [-0.4, -0.2) is 31.7 Å². The third-order valence-corrected chi connectivity index (χ3v) is 6.57. The summed E-state index contributed by atoms with van der Waals surface area (Å²) in [4.78, 5) is 12.5. The number of hydrogen-bond donors (Lipinski definition) is 1. The maximum atomic E-state index is 13.0. The van der Waals surface area contributed by atoms with Gasteiger partial charge in [0.1, 0.15) is 0 Å². The molecule has 0 aliphatic heterocycles. The van der Waals surface area contributed by atoms with Crippen molar-refractivity contribution in [1.82, 2.24) is 4.31 Å². The van der Waals surface area contributed by atoms with Gasteiger partial charge in [0.2, 0.25) is 15.9 Å². The van der Waals surface area contributed by atoms with E-state index in [9.17, 15) is 13.2 Å². The number of hydrogen-bond acceptors (Lipinski definition) is 3. The van der Waals surface area contributed by atoms with Gasteiger partial charge in [-0.25, -0.2) is 8.42 Å². The summed E-state index contributed by atoms with van der Waals surface area (Å²) in [7, 11) is -3.57. The Kier molecular flexibility index (Phi) is 8.43. The zero-order chi connectivity index (χ0) is 21.6. The molecule has 1 N–H and O–H groups in total. The molecule has 2 rings (SSSR count). The second-order valence-electron chi connectivity index (χ2n) is 7.99. The van der Waals surface area contributed by atoms with Gasteiger partial charge in [-0.1, -0.05) is 55.8 Å². The Morgan fingerprint density at radius 3 is 1.93 bits per heavy atom. The van der Waals surface area contributed by atoms with Gasteiger partial charge >= 0.3 is 0 Å². The third-order valence-electron chi connectivity index (χ3n) is 4.19. The molecular formula is C22H29BrN2O3S. The van der Waals surface area contributed by atoms with Crippen LogP contribution in [0.4, 0.5) is 5.69 Å². The maximum absolute atomic E-state index is 13.0. The van der Waals surface area contributed by atoms with Crippen molar-refractivity contribution in [2.45, 2.75) is 39.0 Å². The van der Waals surface area contributed by atoms with Crippen molar-refractivity contribution in [1.29, 1.82) is 0 Å². The number of nitrogens with one attached hydrogen (secondary N) is 1. The fourth-order valence-electron chi connectivity index (χ4n) is 2.94. The molecule has 158 valence electrons. The maximum Gasteiger partial charge on any atom is 0.243 e. The summed E-state index contributed by atoms with van der Waals surface area (Å²) >= 11 is 3.37. The molecule has 0 aromatic heterocycles. The molecule has 29 heavy (non-hydrogen) atoms. The van der Waals surface area contributed by atoms with Crippen molar-refractivity contribution in [3.05, 3.63) is 58.6 Å². The SMILES string of the molecule is CC(C)CN(CC(C)C)S(=O)(=O)c1ccc(NC(=O)Cc2ccc(Br)cc2)cc1. The minimum absolute atomic E-state index is 0.149. The Morgan fingerprint density at radius 1 is 0.931 bits per heavy atom. The Bertz CT molecular complexity index is 898. The summed E-state index contributed by atoms with van der Waals surface area (Å²) in [6.07, 6.45) is 0.254. The molecule has 0 bridgehead atoms. The van der Waals surface area contributed by atoms with Crippen LogP contribution in [0.3, 0.4) is 0 Å². The zero-order valence-electron chi connectivity index (χ0n) is 17.4. The average Bonchev–Trinajstić information content (AvgIpc) is 2.63. The van der Waals surface area contributed by atoms with Crippen LogP contribution in [0.15, 0.2) is 57.9 Å². The van der Waals surface area contributed by atoms with E-state index in [1.54, 1.807) is 28.6 Å². The van der Waals surface area contributed by atoms with Crippen LogP contribution >= 0.6 is 15.9 Å². The van der Waals surface area contributed by atoms with Crippen LogP contribution in [0.1, 0.15) is 33.3 Å². The first kappa shape index (κ1) is 23.6. The molecule has 0 saturated carbocycles. The monoisotopic (exact) mass is 480 g/mol. The quantitative estimate of drug-likeness (QED) is 0.552. The van der Waals surface area contributed by atoms with Gasteiger partial charge in [-0.15, -0.1) is 0 Å². The first-order chi connectivity index (χ1) is 13.6. The van der Waals surface area contributed by atoms with Gasteiger partial charge in [0.05, 0.1) is 11.3 Å². The van der Waals surface area contributed by atoms with Crippen molar-refractivity contribution in [2.24, 2.45) is 11.8 Å². The smallest absolute Gasteiger partial charge is 0.243 e. The summed E-state index contributed by atoms with van der Waals surface area (Å²) in [6.45, 7) is 8.98. The zero-order valence-corrected chi connectivity index (χ0v) is 19.8. The lowest BCUT2D eigenvalue weighted by Crippen LogP contribution is -2.37. The molecule has 0 radical (unpaired) electrons. The van der Waals surface area contributed by atoms with Crippen LogP contribution in [0.25, 0.3) is 0 Å². The number of amides is 1. The van der Waals surface area contributed by atoms with Crippen LogP contribution in [-0.2, 0) is 21.2 Å². The molecule has 2 aromatic rings. The molecular weight excluding hydrogens is 452 g/mol. The van der Waals surface area contributed by atoms with Crippen LogP contribution in [0, 0.1) is 11.8 Å². The summed E-state index contributed by atoms with van der Waals surface area (Å²) in [6, 6.07) is 13.9. The molecule has 0 unspecified atom stereocenters. The Hall–Kier alpha value is -1.70. The molecule has 0 atom stereocenters. The number of carbonyl (C=O) groups is 1. The van der Waals surface area contributed by atoms with Gasteiger partial charge in [-0.05, 0) is 53.8 Å². The molecule has 0 spiro atoms. The first-order valence-corrected chi connectivity index (χ1v) is 12.0. The number of sulfonamides is 1. The molecule has 0 aliphatic rings. The number of nitrogens with zero attached hydrogens (tertiary/aromatic N) is 1. The van der Waals surface area contributed by atoms with Gasteiger partial charge in [0.15, 0.2) is 0 Å². The minimum Gasteiger partial charge on any atom is -0.326 e. The van der Waals surface area contributed by atoms with Crippen molar-refractivity contribution in [3.8, 4) is 0 Å². The number of anilines is 1. The standard InChI is InChI=1S/C22H29BrN2O3S/c1-16(2)14-25(15-17(3)4)29(27,28)21-11-9-20(10-12-21)24-22(26)13-18-5-7-19(23)8-6-18/h5-12,16-17H,13-15H2,1-4H3,(H,24,26). The fourth-order valence-corrected chi connectivity index (χ4v) is 4.97. The number of rotatable bonds is 9. The molecule has 2 aromatic carbocycles. The molecule has 0 heterocycles. The predicted octanol–water partition coefficient (Wildman–Crippen LogP) is 4.93. The summed E-state index contributed by atoms with van der Waals surface area (Å²) in [5.74, 6) is 0.325. The van der Waals surface area contributed by atoms with Crippen LogP contribution in [0.2, 0.25) is 0 Å². The second-order valence-corrected chi connectivity index (χ2v) is 10.8. The molecule has 7 heteroatoms. The Balaban J connectivity index is 2.09. The summed E-state index contributed by atoms with van der Waals surface area (Å²) in [5, 5.41) is 2.82. The lowest BCUT2D eigenvalue weighted by atomic mass is 10.1. The molecule has 0 saturated heterocycles. The number of benzene rings is 2. The van der Waals surface area contributed by atoms with E-state index in [4.69, 9.17) is 0 Å². The molecule has 0 fully saturated rings. The van der Waals surface area contributed by atoms with Crippen molar-refractivity contribution in [3.63, 3.8) is 0 Å². The van der Waals surface area contributed by atoms with E-state index in [2.05, 4.69) is 21.2 Å². The average molecular weight is 481 g/mol. The van der Waals surface area contributed by atoms with Gasteiger partial charge in [-0.3, -0.25) is 4.79 Å². The lowest BCUT2D eigenvalue weighted by molar-refractivity contribution is -0.115. The largest absolute Gasteiger partial charge is 0.326 e. The van der Waals surface area contributed by atoms with Gasteiger partial charge in [-0.2, -0.15) is 4.31 Å². The topological polar surface area (TPSA) is 66.5 Å². The fraction of sp³-hybridized carbons (Fsp3) is 0.409.